The number of rotatable bonds is 9. The van der Waals surface area contributed by atoms with Gasteiger partial charge in [0.2, 0.25) is 0 Å². The molecule has 0 aliphatic rings. The van der Waals surface area contributed by atoms with E-state index in [1.165, 1.54) is 11.8 Å². The van der Waals surface area contributed by atoms with Crippen molar-refractivity contribution in [1.82, 2.24) is 0 Å². The van der Waals surface area contributed by atoms with Crippen molar-refractivity contribution in [3.05, 3.63) is 54.8 Å². The molecule has 0 aromatic heterocycles. The minimum absolute atomic E-state index is 0.643. The second kappa shape index (κ2) is 8.59. The summed E-state index contributed by atoms with van der Waals surface area (Å²) >= 11 is 0. The predicted molar refractivity (Wildman–Crippen MR) is 71.6 cm³/mol. The van der Waals surface area contributed by atoms with Crippen LogP contribution in [0.25, 0.3) is 6.08 Å². The van der Waals surface area contributed by atoms with E-state index in [9.17, 15) is 0 Å². The molecule has 0 aliphatic heterocycles. The van der Waals surface area contributed by atoms with Gasteiger partial charge in [0.15, 0.2) is 0 Å². The van der Waals surface area contributed by atoms with Crippen LogP contribution >= 0.6 is 0 Å². The lowest BCUT2D eigenvalue weighted by molar-refractivity contribution is 0.111. The highest BCUT2D eigenvalue weighted by Gasteiger charge is 1.98. The fourth-order valence-corrected chi connectivity index (χ4v) is 1.52. The molecular formula is C15H20O2. The third-order valence-electron chi connectivity index (χ3n) is 2.45. The van der Waals surface area contributed by atoms with E-state index in [-0.39, 0.29) is 0 Å². The molecule has 0 spiro atoms. The van der Waals surface area contributed by atoms with Crippen LogP contribution in [-0.4, -0.2) is 13.2 Å². The van der Waals surface area contributed by atoms with Crippen molar-refractivity contribution in [3.63, 3.8) is 0 Å². The van der Waals surface area contributed by atoms with Crippen LogP contribution in [-0.2, 0) is 16.1 Å². The van der Waals surface area contributed by atoms with Gasteiger partial charge in [-0.3, -0.25) is 0 Å². The lowest BCUT2D eigenvalue weighted by atomic mass is 10.1. The largest absolute Gasteiger partial charge is 0.502 e. The zero-order valence-corrected chi connectivity index (χ0v) is 10.2. The zero-order valence-electron chi connectivity index (χ0n) is 10.2. The summed E-state index contributed by atoms with van der Waals surface area (Å²) in [5, 5.41) is 0. The monoisotopic (exact) mass is 232 g/mol. The highest BCUT2D eigenvalue weighted by molar-refractivity contribution is 5.51. The standard InChI is InChI=1S/C15H20O2/c1-3-14-9-5-6-10-15(14)13-17-12-8-7-11-16-4-2/h3-6,9-10H,1-2,7-8,11-13H2. The molecule has 2 nitrogen and oxygen atoms in total. The van der Waals surface area contributed by atoms with Crippen LogP contribution in [0.2, 0.25) is 0 Å². The Labute approximate surface area is 104 Å². The Kier molecular flexibility index (Phi) is 6.84. The van der Waals surface area contributed by atoms with Gasteiger partial charge >= 0.3 is 0 Å². The normalized spacial score (nSPS) is 9.88. The number of hydrogen-bond donors (Lipinski definition) is 0. The maximum atomic E-state index is 5.61. The molecule has 0 saturated carbocycles. The van der Waals surface area contributed by atoms with Crippen LogP contribution < -0.4 is 0 Å². The van der Waals surface area contributed by atoms with Gasteiger partial charge in [-0.05, 0) is 24.0 Å². The van der Waals surface area contributed by atoms with Crippen molar-refractivity contribution in [2.24, 2.45) is 0 Å². The van der Waals surface area contributed by atoms with Crippen molar-refractivity contribution in [3.8, 4) is 0 Å². The van der Waals surface area contributed by atoms with Crippen molar-refractivity contribution >= 4 is 6.08 Å². The maximum absolute atomic E-state index is 5.61. The lowest BCUT2D eigenvalue weighted by Gasteiger charge is -2.07. The van der Waals surface area contributed by atoms with Crippen molar-refractivity contribution in [2.75, 3.05) is 13.2 Å². The van der Waals surface area contributed by atoms with Gasteiger partial charge in [0.25, 0.3) is 0 Å². The molecule has 0 atom stereocenters. The van der Waals surface area contributed by atoms with Crippen LogP contribution in [0.15, 0.2) is 43.7 Å². The molecule has 0 radical (unpaired) electrons. The second-order valence-electron chi connectivity index (χ2n) is 3.70. The Hall–Kier alpha value is -1.54. The molecule has 0 fully saturated rings. The summed E-state index contributed by atoms with van der Waals surface area (Å²) in [5.41, 5.74) is 2.33. The molecule has 0 saturated heterocycles. The van der Waals surface area contributed by atoms with Crippen molar-refractivity contribution in [1.29, 1.82) is 0 Å². The van der Waals surface area contributed by atoms with Crippen LogP contribution in [0.1, 0.15) is 24.0 Å². The van der Waals surface area contributed by atoms with Gasteiger partial charge in [0.05, 0.1) is 19.5 Å². The Morgan fingerprint density at radius 3 is 2.59 bits per heavy atom. The summed E-state index contributed by atoms with van der Waals surface area (Å²) in [7, 11) is 0. The van der Waals surface area contributed by atoms with E-state index in [4.69, 9.17) is 9.47 Å². The van der Waals surface area contributed by atoms with Crippen molar-refractivity contribution < 1.29 is 9.47 Å². The molecule has 0 unspecified atom stereocenters. The van der Waals surface area contributed by atoms with E-state index in [0.717, 1.165) is 31.6 Å². The molecule has 0 heterocycles. The highest BCUT2D eigenvalue weighted by Crippen LogP contribution is 2.11. The van der Waals surface area contributed by atoms with Crippen LogP contribution in [0.5, 0.6) is 0 Å². The van der Waals surface area contributed by atoms with Gasteiger partial charge in [-0.2, -0.15) is 0 Å². The SMILES string of the molecule is C=COCCCCOCc1ccccc1C=C. The van der Waals surface area contributed by atoms with Gasteiger partial charge in [0.1, 0.15) is 0 Å². The van der Waals surface area contributed by atoms with Crippen molar-refractivity contribution in [2.45, 2.75) is 19.4 Å². The van der Waals surface area contributed by atoms with Gasteiger partial charge in [0, 0.05) is 6.61 Å². The van der Waals surface area contributed by atoms with E-state index in [1.54, 1.807) is 0 Å². The highest BCUT2D eigenvalue weighted by atomic mass is 16.5. The molecule has 1 aromatic carbocycles. The quantitative estimate of drug-likeness (QED) is 0.476. The number of hydrogen-bond acceptors (Lipinski definition) is 2. The van der Waals surface area contributed by atoms with Gasteiger partial charge in [-0.1, -0.05) is 43.5 Å². The first-order valence-corrected chi connectivity index (χ1v) is 5.89. The van der Waals surface area contributed by atoms with Crippen LogP contribution in [0.3, 0.4) is 0 Å². The Balaban J connectivity index is 2.17. The van der Waals surface area contributed by atoms with Crippen LogP contribution in [0, 0.1) is 0 Å². The van der Waals surface area contributed by atoms with E-state index in [1.807, 2.05) is 24.3 Å². The first kappa shape index (κ1) is 13.5. The zero-order chi connectivity index (χ0) is 12.3. The van der Waals surface area contributed by atoms with Gasteiger partial charge < -0.3 is 9.47 Å². The van der Waals surface area contributed by atoms with E-state index >= 15 is 0 Å². The lowest BCUT2D eigenvalue weighted by Crippen LogP contribution is -1.98. The van der Waals surface area contributed by atoms with E-state index < -0.39 is 0 Å². The first-order valence-electron chi connectivity index (χ1n) is 5.89. The first-order chi connectivity index (χ1) is 8.38. The molecule has 2 heteroatoms. The topological polar surface area (TPSA) is 18.5 Å². The average molecular weight is 232 g/mol. The summed E-state index contributed by atoms with van der Waals surface area (Å²) in [6, 6.07) is 8.14. The molecular weight excluding hydrogens is 212 g/mol. The Morgan fingerprint density at radius 1 is 1.06 bits per heavy atom. The fraction of sp³-hybridized carbons (Fsp3) is 0.333. The Morgan fingerprint density at radius 2 is 1.82 bits per heavy atom. The van der Waals surface area contributed by atoms with Gasteiger partial charge in [-0.15, -0.1) is 0 Å². The second-order valence-corrected chi connectivity index (χ2v) is 3.70. The van der Waals surface area contributed by atoms with E-state index in [2.05, 4.69) is 19.2 Å². The molecule has 0 bridgehead atoms. The van der Waals surface area contributed by atoms with Crippen LogP contribution in [0.4, 0.5) is 0 Å². The fourth-order valence-electron chi connectivity index (χ4n) is 1.52. The minimum atomic E-state index is 0.643. The number of unbranched alkanes of at least 4 members (excludes halogenated alkanes) is 1. The molecule has 0 N–H and O–H groups in total. The third kappa shape index (κ3) is 5.36. The summed E-state index contributed by atoms with van der Waals surface area (Å²) in [6.07, 6.45) is 5.33. The third-order valence-corrected chi connectivity index (χ3v) is 2.45. The molecule has 0 aliphatic carbocycles. The summed E-state index contributed by atoms with van der Waals surface area (Å²) in [6.45, 7) is 9.40. The maximum Gasteiger partial charge on any atom is 0.0873 e. The molecule has 92 valence electrons. The molecule has 1 aromatic rings. The summed E-state index contributed by atoms with van der Waals surface area (Å²) < 4.78 is 10.6. The predicted octanol–water partition coefficient (Wildman–Crippen LogP) is 3.79. The molecule has 17 heavy (non-hydrogen) atoms. The average Bonchev–Trinajstić information content (AvgIpc) is 2.38. The smallest absolute Gasteiger partial charge is 0.0873 e. The summed E-state index contributed by atoms with van der Waals surface area (Å²) in [4.78, 5) is 0. The Bertz CT molecular complexity index is 345. The van der Waals surface area contributed by atoms with E-state index in [0.29, 0.717) is 6.61 Å². The number of ether oxygens (including phenoxy) is 2. The number of benzene rings is 1. The summed E-state index contributed by atoms with van der Waals surface area (Å²) in [5.74, 6) is 0. The molecule has 0 amide bonds. The van der Waals surface area contributed by atoms with Gasteiger partial charge in [-0.25, -0.2) is 0 Å². The minimum Gasteiger partial charge on any atom is -0.502 e. The molecule has 1 rings (SSSR count).